The zero-order valence-corrected chi connectivity index (χ0v) is 9.35. The van der Waals surface area contributed by atoms with Crippen molar-refractivity contribution in [3.05, 3.63) is 35.9 Å². The van der Waals surface area contributed by atoms with E-state index in [0.29, 0.717) is 5.92 Å². The van der Waals surface area contributed by atoms with Crippen molar-refractivity contribution in [2.45, 2.75) is 32.3 Å². The number of aliphatic hydroxyl groups excluding tert-OH is 1. The first-order valence-corrected chi connectivity index (χ1v) is 5.39. The molecule has 1 rings (SSSR count). The molecule has 0 aliphatic rings. The lowest BCUT2D eigenvalue weighted by atomic mass is 9.82. The second-order valence-electron chi connectivity index (χ2n) is 3.93. The van der Waals surface area contributed by atoms with Crippen LogP contribution in [0, 0.1) is 18.3 Å². The number of terminal acetylenes is 1. The maximum Gasteiger partial charge on any atom is 0.121 e. The topological polar surface area (TPSA) is 20.2 Å². The summed E-state index contributed by atoms with van der Waals surface area (Å²) in [5, 5.41) is 9.84. The van der Waals surface area contributed by atoms with Gasteiger partial charge >= 0.3 is 0 Å². The largest absolute Gasteiger partial charge is 0.380 e. The lowest BCUT2D eigenvalue weighted by molar-refractivity contribution is 0.168. The Labute approximate surface area is 92.1 Å². The van der Waals surface area contributed by atoms with E-state index >= 15 is 0 Å². The molecule has 0 bridgehead atoms. The fourth-order valence-electron chi connectivity index (χ4n) is 1.85. The Kier molecular flexibility index (Phi) is 4.39. The highest BCUT2D eigenvalue weighted by Gasteiger charge is 2.24. The normalized spacial score (nSPS) is 16.4. The predicted octanol–water partition coefficient (Wildman–Crippen LogP) is 2.81. The van der Waals surface area contributed by atoms with E-state index in [0.717, 1.165) is 12.0 Å². The summed E-state index contributed by atoms with van der Waals surface area (Å²) in [7, 11) is 0. The highest BCUT2D eigenvalue weighted by molar-refractivity contribution is 5.24. The molecule has 15 heavy (non-hydrogen) atoms. The van der Waals surface area contributed by atoms with Crippen LogP contribution in [0.1, 0.15) is 31.7 Å². The average molecular weight is 202 g/mol. The van der Waals surface area contributed by atoms with Gasteiger partial charge in [-0.25, -0.2) is 0 Å². The van der Waals surface area contributed by atoms with Gasteiger partial charge in [-0.2, -0.15) is 0 Å². The molecule has 0 saturated carbocycles. The van der Waals surface area contributed by atoms with Crippen LogP contribution in [0.4, 0.5) is 0 Å². The number of benzene rings is 1. The van der Waals surface area contributed by atoms with E-state index in [9.17, 15) is 5.11 Å². The minimum absolute atomic E-state index is 0.0428. The van der Waals surface area contributed by atoms with E-state index in [4.69, 9.17) is 6.42 Å². The number of rotatable bonds is 4. The van der Waals surface area contributed by atoms with Gasteiger partial charge in [0, 0.05) is 5.92 Å². The van der Waals surface area contributed by atoms with Crippen LogP contribution in [0.3, 0.4) is 0 Å². The van der Waals surface area contributed by atoms with Crippen LogP contribution >= 0.6 is 0 Å². The summed E-state index contributed by atoms with van der Waals surface area (Å²) in [4.78, 5) is 0. The van der Waals surface area contributed by atoms with Crippen LogP contribution in [-0.4, -0.2) is 11.2 Å². The molecule has 1 nitrogen and oxygen atoms in total. The molecule has 0 aliphatic carbocycles. The van der Waals surface area contributed by atoms with Crippen molar-refractivity contribution < 1.29 is 5.11 Å². The van der Waals surface area contributed by atoms with Crippen molar-refractivity contribution in [2.24, 2.45) is 5.92 Å². The molecule has 0 saturated heterocycles. The van der Waals surface area contributed by atoms with Gasteiger partial charge in [0.05, 0.1) is 0 Å². The summed E-state index contributed by atoms with van der Waals surface area (Å²) in [5.41, 5.74) is 1.12. The third-order valence-corrected chi connectivity index (χ3v) is 2.95. The smallest absolute Gasteiger partial charge is 0.121 e. The molecule has 80 valence electrons. The monoisotopic (exact) mass is 202 g/mol. The molecule has 1 aromatic rings. The van der Waals surface area contributed by atoms with Gasteiger partial charge < -0.3 is 5.11 Å². The van der Waals surface area contributed by atoms with Gasteiger partial charge in [-0.15, -0.1) is 6.42 Å². The van der Waals surface area contributed by atoms with Gasteiger partial charge in [0.1, 0.15) is 6.10 Å². The second-order valence-corrected chi connectivity index (χ2v) is 3.93. The highest BCUT2D eigenvalue weighted by Crippen LogP contribution is 2.29. The third-order valence-electron chi connectivity index (χ3n) is 2.95. The maximum absolute atomic E-state index is 9.84. The third kappa shape index (κ3) is 2.84. The summed E-state index contributed by atoms with van der Waals surface area (Å²) < 4.78 is 0. The molecule has 3 atom stereocenters. The molecule has 0 amide bonds. The van der Waals surface area contributed by atoms with Crippen LogP contribution in [0.15, 0.2) is 30.3 Å². The van der Waals surface area contributed by atoms with Crippen LogP contribution in [-0.2, 0) is 0 Å². The van der Waals surface area contributed by atoms with Crippen molar-refractivity contribution in [2.75, 3.05) is 0 Å². The first-order valence-electron chi connectivity index (χ1n) is 5.39. The Bertz CT molecular complexity index is 323. The zero-order valence-electron chi connectivity index (χ0n) is 9.35. The standard InChI is InChI=1S/C14H18O/c1-4-11(3)14(13(15)5-2)12-9-7-6-8-10-12/h2,6-11,13-15H,4H2,1,3H3. The predicted molar refractivity (Wildman–Crippen MR) is 63.5 cm³/mol. The SMILES string of the molecule is C#CC(O)C(c1ccccc1)C(C)CC. The molecule has 1 N–H and O–H groups in total. The molecule has 1 aromatic carbocycles. The van der Waals surface area contributed by atoms with Gasteiger partial charge in [-0.3, -0.25) is 0 Å². The van der Waals surface area contributed by atoms with Gasteiger partial charge in [0.15, 0.2) is 0 Å². The Morgan fingerprint density at radius 1 is 1.33 bits per heavy atom. The lowest BCUT2D eigenvalue weighted by Gasteiger charge is -2.25. The Morgan fingerprint density at radius 2 is 1.93 bits per heavy atom. The molecular formula is C14H18O. The fourth-order valence-corrected chi connectivity index (χ4v) is 1.85. The molecular weight excluding hydrogens is 184 g/mol. The van der Waals surface area contributed by atoms with Crippen molar-refractivity contribution in [1.82, 2.24) is 0 Å². The van der Waals surface area contributed by atoms with Crippen LogP contribution in [0.2, 0.25) is 0 Å². The van der Waals surface area contributed by atoms with Crippen LogP contribution in [0.25, 0.3) is 0 Å². The van der Waals surface area contributed by atoms with E-state index < -0.39 is 6.10 Å². The van der Waals surface area contributed by atoms with E-state index in [1.54, 1.807) is 0 Å². The average Bonchev–Trinajstić information content (AvgIpc) is 2.30. The maximum atomic E-state index is 9.84. The summed E-state index contributed by atoms with van der Waals surface area (Å²) in [5.74, 6) is 2.86. The molecule has 0 radical (unpaired) electrons. The van der Waals surface area contributed by atoms with Gasteiger partial charge in [-0.05, 0) is 11.5 Å². The number of hydrogen-bond donors (Lipinski definition) is 1. The molecule has 3 unspecified atom stereocenters. The first-order chi connectivity index (χ1) is 7.20. The van der Waals surface area contributed by atoms with E-state index in [-0.39, 0.29) is 5.92 Å². The minimum atomic E-state index is -0.692. The van der Waals surface area contributed by atoms with Crippen molar-refractivity contribution in [3.63, 3.8) is 0 Å². The summed E-state index contributed by atoms with van der Waals surface area (Å²) >= 11 is 0. The molecule has 0 spiro atoms. The first kappa shape index (κ1) is 11.8. The summed E-state index contributed by atoms with van der Waals surface area (Å²) in [6.45, 7) is 4.24. The Hall–Kier alpha value is -1.26. The van der Waals surface area contributed by atoms with Crippen LogP contribution < -0.4 is 0 Å². The van der Waals surface area contributed by atoms with E-state index in [1.807, 2.05) is 30.3 Å². The minimum Gasteiger partial charge on any atom is -0.380 e. The molecule has 0 fully saturated rings. The van der Waals surface area contributed by atoms with E-state index in [2.05, 4.69) is 19.8 Å². The van der Waals surface area contributed by atoms with Gasteiger partial charge in [-0.1, -0.05) is 56.5 Å². The fraction of sp³-hybridized carbons (Fsp3) is 0.429. The lowest BCUT2D eigenvalue weighted by Crippen LogP contribution is -2.22. The van der Waals surface area contributed by atoms with Gasteiger partial charge in [0.25, 0.3) is 0 Å². The summed E-state index contributed by atoms with van der Waals surface area (Å²) in [6, 6.07) is 9.98. The molecule has 1 heteroatoms. The highest BCUT2D eigenvalue weighted by atomic mass is 16.3. The van der Waals surface area contributed by atoms with Crippen molar-refractivity contribution in [1.29, 1.82) is 0 Å². The van der Waals surface area contributed by atoms with E-state index in [1.165, 1.54) is 0 Å². The zero-order chi connectivity index (χ0) is 11.3. The Balaban J connectivity index is 2.97. The summed E-state index contributed by atoms with van der Waals surface area (Å²) in [6.07, 6.45) is 5.62. The van der Waals surface area contributed by atoms with Gasteiger partial charge in [0.2, 0.25) is 0 Å². The quantitative estimate of drug-likeness (QED) is 0.744. The second kappa shape index (κ2) is 5.58. The molecule has 0 aromatic heterocycles. The number of aliphatic hydroxyl groups is 1. The van der Waals surface area contributed by atoms with Crippen molar-refractivity contribution in [3.8, 4) is 12.3 Å². The molecule has 0 heterocycles. The molecule has 0 aliphatic heterocycles. The number of hydrogen-bond acceptors (Lipinski definition) is 1. The van der Waals surface area contributed by atoms with Crippen molar-refractivity contribution >= 4 is 0 Å². The van der Waals surface area contributed by atoms with Crippen LogP contribution in [0.5, 0.6) is 0 Å². The Morgan fingerprint density at radius 3 is 2.40 bits per heavy atom.